The topological polar surface area (TPSA) is 425 Å². The quantitative estimate of drug-likeness (QED) is 0.0388. The van der Waals surface area contributed by atoms with E-state index in [2.05, 4.69) is 16.0 Å². The number of hydrogen-bond acceptors (Lipinski definition) is 14. The van der Waals surface area contributed by atoms with Gasteiger partial charge in [0.2, 0.25) is 53.2 Å². The number of carbonyl (C=O) groups excluding carboxylic acids is 10. The minimum atomic E-state index is -2.05. The normalized spacial score (nSPS) is 14.7. The number of carboxylic acid groups (broad SMARTS) is 1. The van der Waals surface area contributed by atoms with Crippen LogP contribution in [-0.4, -0.2) is 136 Å². The number of carbonyl (C=O) groups is 11. The number of nitrogens with one attached hydrogen (secondary N) is 6. The summed E-state index contributed by atoms with van der Waals surface area (Å²) in [6, 6.07) is -10.4. The molecule has 0 spiro atoms. The van der Waals surface area contributed by atoms with Crippen LogP contribution in [0.4, 0.5) is 0 Å². The van der Waals surface area contributed by atoms with Gasteiger partial charge >= 0.3 is 5.97 Å². The minimum absolute atomic E-state index is 0.204. The first kappa shape index (κ1) is 45.2. The lowest BCUT2D eigenvalue weighted by atomic mass is 10.1. The Balaban J connectivity index is 6.03. The molecule has 0 aliphatic heterocycles. The van der Waals surface area contributed by atoms with Crippen LogP contribution in [0.15, 0.2) is 0 Å². The van der Waals surface area contributed by atoms with Gasteiger partial charge in [0.05, 0.1) is 38.1 Å². The van der Waals surface area contributed by atoms with Crippen molar-refractivity contribution in [1.29, 1.82) is 0 Å². The maximum absolute atomic E-state index is 13.1. The van der Waals surface area contributed by atoms with E-state index in [0.717, 1.165) is 6.92 Å². The monoisotopic (exact) mass is 732 g/mol. The van der Waals surface area contributed by atoms with Gasteiger partial charge in [-0.1, -0.05) is 0 Å². The third-order valence-electron chi connectivity index (χ3n) is 6.64. The van der Waals surface area contributed by atoms with E-state index in [-0.39, 0.29) is 25.5 Å². The lowest BCUT2D eigenvalue weighted by Crippen LogP contribution is -2.62. The van der Waals surface area contributed by atoms with Crippen molar-refractivity contribution in [3.05, 3.63) is 0 Å². The number of primary amides is 3. The van der Waals surface area contributed by atoms with Crippen molar-refractivity contribution in [2.45, 2.75) is 87.8 Å². The second-order valence-corrected chi connectivity index (χ2v) is 10.9. The van der Waals surface area contributed by atoms with Crippen LogP contribution in [0.5, 0.6) is 0 Å². The minimum Gasteiger partial charge on any atom is -0.481 e. The number of carboxylic acids is 1. The smallest absolute Gasteiger partial charge is 0.305 e. The summed E-state index contributed by atoms with van der Waals surface area (Å²) >= 11 is 0. The van der Waals surface area contributed by atoms with Gasteiger partial charge in [-0.25, -0.2) is 0 Å². The Morgan fingerprint density at radius 2 is 1.10 bits per heavy atom. The van der Waals surface area contributed by atoms with Gasteiger partial charge in [-0.3, -0.25) is 47.9 Å². The van der Waals surface area contributed by atoms with Crippen molar-refractivity contribution in [3.8, 4) is 0 Å². The molecular formula is C27H44N10O14. The van der Waals surface area contributed by atoms with Crippen molar-refractivity contribution in [2.75, 3.05) is 13.2 Å². The first-order valence-corrected chi connectivity index (χ1v) is 15.1. The number of aliphatic carboxylic acids is 1. The van der Waals surface area contributed by atoms with E-state index in [1.54, 1.807) is 0 Å². The van der Waals surface area contributed by atoms with Gasteiger partial charge in [0.15, 0.2) is 0 Å². The highest BCUT2D eigenvalue weighted by Crippen LogP contribution is 2.05. The lowest BCUT2D eigenvalue weighted by Gasteiger charge is -2.27. The zero-order valence-electron chi connectivity index (χ0n) is 27.4. The fourth-order valence-corrected chi connectivity index (χ4v) is 4.02. The molecule has 0 aliphatic rings. The Labute approximate surface area is 289 Å². The maximum atomic E-state index is 13.1. The van der Waals surface area contributed by atoms with Gasteiger partial charge in [-0.05, 0) is 19.8 Å². The van der Waals surface area contributed by atoms with Crippen LogP contribution < -0.4 is 54.8 Å². The van der Waals surface area contributed by atoms with E-state index in [1.165, 1.54) is 0 Å². The van der Waals surface area contributed by atoms with E-state index in [0.29, 0.717) is 0 Å². The molecule has 0 fully saturated rings. The molecule has 0 rings (SSSR count). The Morgan fingerprint density at radius 1 is 0.627 bits per heavy atom. The highest BCUT2D eigenvalue weighted by atomic mass is 16.4. The standard InChI is InChI=1S/C27H44N10O14/c1-11(40)22(27(51)36-16(10-39)26(50)32-12(9-38)2-4-17(29)41)37-25(49)15(7-21(45)46)35-24(48)14(6-19(31)43)34-23(47)13(3-5-18(30)42)33-20(44)8-28/h9,11-16,22,39-40H,2-8,10,28H2,1H3,(H2,29,41)(H2,30,42)(H2,31,43)(H,32,50)(H,33,44)(H,34,47)(H,35,48)(H,36,51)(H,37,49)(H,45,46)/t11-,12+,13+,14?,15+,16+,22+/m1/s1. The molecule has 9 amide bonds. The summed E-state index contributed by atoms with van der Waals surface area (Å²) in [5.41, 5.74) is 20.5. The third kappa shape index (κ3) is 18.0. The van der Waals surface area contributed by atoms with Crippen molar-refractivity contribution in [3.63, 3.8) is 0 Å². The summed E-state index contributed by atoms with van der Waals surface area (Å²) < 4.78 is 0. The zero-order valence-corrected chi connectivity index (χ0v) is 27.4. The molecule has 286 valence electrons. The first-order valence-electron chi connectivity index (χ1n) is 15.1. The number of aliphatic hydroxyl groups excluding tert-OH is 2. The molecule has 0 radical (unpaired) electrons. The van der Waals surface area contributed by atoms with Gasteiger partial charge in [0, 0.05) is 12.8 Å². The molecule has 24 nitrogen and oxygen atoms in total. The van der Waals surface area contributed by atoms with Crippen LogP contribution >= 0.6 is 0 Å². The summed E-state index contributed by atoms with van der Waals surface area (Å²) in [6.07, 6.45) is -4.81. The summed E-state index contributed by atoms with van der Waals surface area (Å²) in [5, 5.41) is 41.7. The molecule has 0 aromatic carbocycles. The van der Waals surface area contributed by atoms with Gasteiger partial charge in [0.1, 0.15) is 36.5 Å². The van der Waals surface area contributed by atoms with Crippen molar-refractivity contribution in [2.24, 2.45) is 22.9 Å². The fraction of sp³-hybridized carbons (Fsp3) is 0.593. The molecule has 0 saturated heterocycles. The Hall–Kier alpha value is -5.75. The molecule has 0 heterocycles. The predicted molar refractivity (Wildman–Crippen MR) is 168 cm³/mol. The van der Waals surface area contributed by atoms with Gasteiger partial charge in [0.25, 0.3) is 0 Å². The van der Waals surface area contributed by atoms with E-state index < -0.39 is 134 Å². The van der Waals surface area contributed by atoms with Crippen molar-refractivity contribution >= 4 is 65.4 Å². The predicted octanol–water partition coefficient (Wildman–Crippen LogP) is -8.69. The average Bonchev–Trinajstić information content (AvgIpc) is 3.03. The van der Waals surface area contributed by atoms with Crippen molar-refractivity contribution < 1.29 is 68.1 Å². The third-order valence-corrected chi connectivity index (χ3v) is 6.64. The number of aliphatic hydroxyl groups is 2. The highest BCUT2D eigenvalue weighted by molar-refractivity contribution is 5.99. The van der Waals surface area contributed by atoms with Crippen LogP contribution in [-0.2, 0) is 52.7 Å². The molecule has 0 bridgehead atoms. The Bertz CT molecular complexity index is 1330. The Kier molecular flexibility index (Phi) is 20.2. The van der Waals surface area contributed by atoms with E-state index >= 15 is 0 Å². The summed E-state index contributed by atoms with van der Waals surface area (Å²) in [7, 11) is 0. The summed E-state index contributed by atoms with van der Waals surface area (Å²) in [4.78, 5) is 133. The molecular weight excluding hydrogens is 688 g/mol. The fourth-order valence-electron chi connectivity index (χ4n) is 4.02. The van der Waals surface area contributed by atoms with Gasteiger partial charge in [-0.15, -0.1) is 0 Å². The molecule has 17 N–H and O–H groups in total. The summed E-state index contributed by atoms with van der Waals surface area (Å²) in [6.45, 7) is -0.620. The Morgan fingerprint density at radius 3 is 1.55 bits per heavy atom. The summed E-state index contributed by atoms with van der Waals surface area (Å²) in [5.74, 6) is -11.6. The van der Waals surface area contributed by atoms with E-state index in [4.69, 9.17) is 22.9 Å². The van der Waals surface area contributed by atoms with Crippen LogP contribution in [0.3, 0.4) is 0 Å². The molecule has 0 aromatic heterocycles. The van der Waals surface area contributed by atoms with Crippen LogP contribution in [0.25, 0.3) is 0 Å². The van der Waals surface area contributed by atoms with Crippen LogP contribution in [0.1, 0.15) is 45.4 Å². The molecule has 7 atom stereocenters. The number of hydrogen-bond donors (Lipinski definition) is 13. The second kappa shape index (κ2) is 22.8. The first-order chi connectivity index (χ1) is 23.7. The SMILES string of the molecule is C[C@@H](O)[C@H](NC(=O)[C@H](CC(=O)O)NC(=O)C(CC(N)=O)NC(=O)[C@H](CCC(N)=O)NC(=O)CN)C(=O)N[C@@H](CO)C(=O)N[C@H](C=O)CCC(N)=O. The van der Waals surface area contributed by atoms with E-state index in [1.807, 2.05) is 16.0 Å². The molecule has 0 aromatic rings. The molecule has 0 aliphatic carbocycles. The molecule has 24 heteroatoms. The van der Waals surface area contributed by atoms with Crippen LogP contribution in [0, 0.1) is 0 Å². The molecule has 1 unspecified atom stereocenters. The molecule has 0 saturated carbocycles. The highest BCUT2D eigenvalue weighted by Gasteiger charge is 2.35. The van der Waals surface area contributed by atoms with Crippen molar-refractivity contribution in [1.82, 2.24) is 31.9 Å². The number of aldehydes is 1. The number of amides is 9. The largest absolute Gasteiger partial charge is 0.481 e. The average molecular weight is 733 g/mol. The number of nitrogens with two attached hydrogens (primary N) is 4. The number of rotatable bonds is 25. The molecule has 51 heavy (non-hydrogen) atoms. The second-order valence-electron chi connectivity index (χ2n) is 10.9. The van der Waals surface area contributed by atoms with Gasteiger partial charge in [-0.2, -0.15) is 0 Å². The van der Waals surface area contributed by atoms with E-state index in [9.17, 15) is 68.1 Å². The van der Waals surface area contributed by atoms with Crippen LogP contribution in [0.2, 0.25) is 0 Å². The lowest BCUT2D eigenvalue weighted by molar-refractivity contribution is -0.142. The maximum Gasteiger partial charge on any atom is 0.305 e. The zero-order chi connectivity index (χ0) is 39.4. The van der Waals surface area contributed by atoms with Gasteiger partial charge < -0.3 is 74.9 Å².